The molecule has 0 aliphatic carbocycles. The molecule has 0 saturated carbocycles. The summed E-state index contributed by atoms with van der Waals surface area (Å²) in [5.74, 6) is -0.346. The summed E-state index contributed by atoms with van der Waals surface area (Å²) < 4.78 is 13.1. The number of nitrogens with zero attached hydrogens (tertiary/aromatic N) is 1. The van der Waals surface area contributed by atoms with Crippen LogP contribution in [0.15, 0.2) is 18.2 Å². The number of halogens is 3. The van der Waals surface area contributed by atoms with Gasteiger partial charge in [-0.05, 0) is 44.5 Å². The zero-order chi connectivity index (χ0) is 13.1. The van der Waals surface area contributed by atoms with E-state index in [2.05, 4.69) is 17.1 Å². The van der Waals surface area contributed by atoms with Crippen molar-refractivity contribution in [2.24, 2.45) is 0 Å². The number of rotatable bonds is 3. The second-order valence-corrected chi connectivity index (χ2v) is 5.36. The van der Waals surface area contributed by atoms with Gasteiger partial charge in [0.05, 0.1) is 5.02 Å². The molecule has 108 valence electrons. The minimum absolute atomic E-state index is 0. The number of likely N-dealkylation sites (tertiary alicyclic amines) is 1. The van der Waals surface area contributed by atoms with Gasteiger partial charge in [0.15, 0.2) is 0 Å². The van der Waals surface area contributed by atoms with Crippen LogP contribution in [0.1, 0.15) is 31.4 Å². The van der Waals surface area contributed by atoms with Gasteiger partial charge in [-0.1, -0.05) is 17.7 Å². The van der Waals surface area contributed by atoms with Crippen molar-refractivity contribution < 1.29 is 4.39 Å². The van der Waals surface area contributed by atoms with E-state index in [1.165, 1.54) is 6.07 Å². The van der Waals surface area contributed by atoms with Gasteiger partial charge in [0.1, 0.15) is 5.82 Å². The smallest absolute Gasteiger partial charge is 0.141 e. The van der Waals surface area contributed by atoms with Crippen LogP contribution >= 0.6 is 24.0 Å². The molecule has 1 N–H and O–H groups in total. The predicted octanol–water partition coefficient (Wildman–Crippen LogP) is 3.65. The molecule has 2 nitrogen and oxygen atoms in total. The van der Waals surface area contributed by atoms with Crippen LogP contribution in [0, 0.1) is 5.82 Å². The van der Waals surface area contributed by atoms with Gasteiger partial charge >= 0.3 is 0 Å². The topological polar surface area (TPSA) is 15.3 Å². The summed E-state index contributed by atoms with van der Waals surface area (Å²) in [4.78, 5) is 2.43. The highest BCUT2D eigenvalue weighted by molar-refractivity contribution is 6.30. The van der Waals surface area contributed by atoms with Crippen LogP contribution in [0.2, 0.25) is 5.02 Å². The van der Waals surface area contributed by atoms with Crippen LogP contribution in [0.5, 0.6) is 0 Å². The molecule has 1 aromatic rings. The Balaban J connectivity index is 0.00000180. The number of benzene rings is 1. The molecule has 1 heterocycles. The lowest BCUT2D eigenvalue weighted by atomic mass is 10.0. The molecule has 1 aliphatic rings. The Morgan fingerprint density at radius 1 is 1.37 bits per heavy atom. The minimum atomic E-state index is -0.346. The van der Waals surface area contributed by atoms with Crippen LogP contribution < -0.4 is 5.32 Å². The molecular formula is C14H21Cl2FN2. The fraction of sp³-hybridized carbons (Fsp3) is 0.571. The molecule has 1 aromatic carbocycles. The standard InChI is InChI=1S/C14H20ClFN2.ClH/c1-10(11-3-4-14(16)13(15)9-11)18-7-5-12(17-2)6-8-18;/h3-4,9-10,12,17H,5-8H2,1-2H3;1H. The Morgan fingerprint density at radius 2 is 2.00 bits per heavy atom. The van der Waals surface area contributed by atoms with Gasteiger partial charge in [-0.25, -0.2) is 4.39 Å². The first-order valence-corrected chi connectivity index (χ1v) is 6.86. The van der Waals surface area contributed by atoms with Crippen molar-refractivity contribution in [3.8, 4) is 0 Å². The highest BCUT2D eigenvalue weighted by Gasteiger charge is 2.22. The van der Waals surface area contributed by atoms with Crippen LogP contribution in [-0.2, 0) is 0 Å². The van der Waals surface area contributed by atoms with Crippen LogP contribution in [0.25, 0.3) is 0 Å². The second-order valence-electron chi connectivity index (χ2n) is 4.95. The van der Waals surface area contributed by atoms with Crippen LogP contribution in [0.4, 0.5) is 4.39 Å². The molecule has 1 fully saturated rings. The predicted molar refractivity (Wildman–Crippen MR) is 80.7 cm³/mol. The summed E-state index contributed by atoms with van der Waals surface area (Å²) in [7, 11) is 2.02. The second kappa shape index (κ2) is 7.44. The molecule has 0 bridgehead atoms. The fourth-order valence-electron chi connectivity index (χ4n) is 2.56. The largest absolute Gasteiger partial charge is 0.317 e. The maximum Gasteiger partial charge on any atom is 0.141 e. The van der Waals surface area contributed by atoms with Crippen LogP contribution in [0.3, 0.4) is 0 Å². The Labute approximate surface area is 125 Å². The van der Waals surface area contributed by atoms with Gasteiger partial charge in [-0.15, -0.1) is 12.4 Å². The van der Waals surface area contributed by atoms with E-state index in [0.717, 1.165) is 31.5 Å². The normalized spacial score (nSPS) is 18.9. The number of hydrogen-bond acceptors (Lipinski definition) is 2. The summed E-state index contributed by atoms with van der Waals surface area (Å²) in [6, 6.07) is 5.95. The van der Waals surface area contributed by atoms with E-state index in [4.69, 9.17) is 11.6 Å². The first-order valence-electron chi connectivity index (χ1n) is 6.48. The Bertz CT molecular complexity index is 406. The summed E-state index contributed by atoms with van der Waals surface area (Å²) in [5.41, 5.74) is 1.09. The van der Waals surface area contributed by atoms with Crippen molar-refractivity contribution in [2.75, 3.05) is 20.1 Å². The van der Waals surface area contributed by atoms with Crippen molar-refractivity contribution in [1.29, 1.82) is 0 Å². The third kappa shape index (κ3) is 4.06. The highest BCUT2D eigenvalue weighted by Crippen LogP contribution is 2.27. The first kappa shape index (κ1) is 16.7. The first-order chi connectivity index (χ1) is 8.61. The maximum absolute atomic E-state index is 13.1. The number of hydrogen-bond donors (Lipinski definition) is 1. The fourth-order valence-corrected chi connectivity index (χ4v) is 2.75. The average molecular weight is 307 g/mol. The van der Waals surface area contributed by atoms with Crippen molar-refractivity contribution in [2.45, 2.75) is 31.8 Å². The van der Waals surface area contributed by atoms with Crippen molar-refractivity contribution in [1.82, 2.24) is 10.2 Å². The zero-order valence-electron chi connectivity index (χ0n) is 11.3. The summed E-state index contributed by atoms with van der Waals surface area (Å²) >= 11 is 5.84. The van der Waals surface area contributed by atoms with Gasteiger partial charge in [-0.2, -0.15) is 0 Å². The molecule has 19 heavy (non-hydrogen) atoms. The lowest BCUT2D eigenvalue weighted by Crippen LogP contribution is -2.42. The lowest BCUT2D eigenvalue weighted by molar-refractivity contribution is 0.155. The van der Waals surface area contributed by atoms with Gasteiger partial charge in [0.2, 0.25) is 0 Å². The summed E-state index contributed by atoms with van der Waals surface area (Å²) in [5, 5.41) is 3.53. The lowest BCUT2D eigenvalue weighted by Gasteiger charge is -2.36. The van der Waals surface area contributed by atoms with Crippen molar-refractivity contribution in [3.05, 3.63) is 34.6 Å². The third-order valence-corrected chi connectivity index (χ3v) is 4.20. The van der Waals surface area contributed by atoms with E-state index in [-0.39, 0.29) is 23.2 Å². The molecule has 0 spiro atoms. The molecule has 5 heteroatoms. The molecular weight excluding hydrogens is 286 g/mol. The zero-order valence-corrected chi connectivity index (χ0v) is 12.9. The summed E-state index contributed by atoms with van der Waals surface area (Å²) in [6.07, 6.45) is 2.32. The van der Waals surface area contributed by atoms with E-state index in [0.29, 0.717) is 12.1 Å². The molecule has 1 saturated heterocycles. The molecule has 1 aliphatic heterocycles. The Morgan fingerprint density at radius 3 is 2.53 bits per heavy atom. The molecule has 2 rings (SSSR count). The highest BCUT2D eigenvalue weighted by atomic mass is 35.5. The quantitative estimate of drug-likeness (QED) is 0.917. The van der Waals surface area contributed by atoms with E-state index in [9.17, 15) is 4.39 Å². The van der Waals surface area contributed by atoms with Gasteiger partial charge in [0.25, 0.3) is 0 Å². The average Bonchev–Trinajstić information content (AvgIpc) is 2.41. The SMILES string of the molecule is CNC1CCN(C(C)c2ccc(F)c(Cl)c2)CC1.Cl. The Kier molecular flexibility index (Phi) is 6.54. The molecule has 0 aromatic heterocycles. The van der Waals surface area contributed by atoms with Crippen molar-refractivity contribution >= 4 is 24.0 Å². The summed E-state index contributed by atoms with van der Waals surface area (Å²) in [6.45, 7) is 4.30. The monoisotopic (exact) mass is 306 g/mol. The number of piperidine rings is 1. The maximum atomic E-state index is 13.1. The number of nitrogens with one attached hydrogen (secondary N) is 1. The molecule has 0 radical (unpaired) electrons. The third-order valence-electron chi connectivity index (χ3n) is 3.91. The van der Waals surface area contributed by atoms with Crippen molar-refractivity contribution in [3.63, 3.8) is 0 Å². The molecule has 0 amide bonds. The van der Waals surface area contributed by atoms with E-state index in [1.54, 1.807) is 6.07 Å². The van der Waals surface area contributed by atoms with Crippen LogP contribution in [-0.4, -0.2) is 31.1 Å². The Hall–Kier alpha value is -0.350. The minimum Gasteiger partial charge on any atom is -0.317 e. The van der Waals surface area contributed by atoms with E-state index in [1.807, 2.05) is 13.1 Å². The molecule has 1 atom stereocenters. The molecule has 1 unspecified atom stereocenters. The van der Waals surface area contributed by atoms with E-state index < -0.39 is 0 Å². The van der Waals surface area contributed by atoms with Gasteiger partial charge < -0.3 is 5.32 Å². The van der Waals surface area contributed by atoms with Gasteiger partial charge in [-0.3, -0.25) is 4.90 Å². The van der Waals surface area contributed by atoms with E-state index >= 15 is 0 Å². The van der Waals surface area contributed by atoms with Gasteiger partial charge in [0, 0.05) is 25.2 Å².